The number of benzene rings is 1. The lowest BCUT2D eigenvalue weighted by atomic mass is 10.2. The van der Waals surface area contributed by atoms with Crippen LogP contribution in [0.2, 0.25) is 0 Å². The normalized spacial score (nSPS) is 10.7. The first-order valence-electron chi connectivity index (χ1n) is 7.38. The van der Waals surface area contributed by atoms with Crippen molar-refractivity contribution in [3.8, 4) is 0 Å². The molecule has 0 unspecified atom stereocenters. The van der Waals surface area contributed by atoms with Crippen molar-refractivity contribution in [2.24, 2.45) is 0 Å². The number of anilines is 3. The second-order valence-electron chi connectivity index (χ2n) is 5.52. The summed E-state index contributed by atoms with van der Waals surface area (Å²) in [5.74, 6) is 0.332. The molecule has 0 atom stereocenters. The van der Waals surface area contributed by atoms with Crippen LogP contribution < -0.4 is 10.2 Å². The Morgan fingerprint density at radius 2 is 1.92 bits per heavy atom. The fraction of sp³-hybridized carbons (Fsp3) is 0.235. The number of aryl methyl sites for hydroxylation is 1. The van der Waals surface area contributed by atoms with E-state index in [9.17, 15) is 4.79 Å². The van der Waals surface area contributed by atoms with E-state index in [2.05, 4.69) is 15.3 Å². The molecule has 0 aliphatic carbocycles. The molecule has 0 bridgehead atoms. The van der Waals surface area contributed by atoms with Gasteiger partial charge in [-0.2, -0.15) is 0 Å². The Kier molecular flexibility index (Phi) is 4.35. The van der Waals surface area contributed by atoms with Crippen LogP contribution in [0.5, 0.6) is 0 Å². The molecule has 2 heterocycles. The Labute approximate surface area is 144 Å². The first-order chi connectivity index (χ1) is 11.5. The van der Waals surface area contributed by atoms with E-state index in [1.807, 2.05) is 50.2 Å². The van der Waals surface area contributed by atoms with Crippen molar-refractivity contribution in [1.29, 1.82) is 0 Å². The molecule has 124 valence electrons. The summed E-state index contributed by atoms with van der Waals surface area (Å²) in [6.07, 6.45) is 1.50. The highest BCUT2D eigenvalue weighted by Gasteiger charge is 2.19. The molecule has 3 rings (SSSR count). The number of esters is 1. The van der Waals surface area contributed by atoms with Gasteiger partial charge in [-0.1, -0.05) is 0 Å². The van der Waals surface area contributed by atoms with Crippen molar-refractivity contribution in [3.63, 3.8) is 0 Å². The summed E-state index contributed by atoms with van der Waals surface area (Å²) in [6, 6.07) is 8.04. The number of hydrogen-bond donors (Lipinski definition) is 1. The summed E-state index contributed by atoms with van der Waals surface area (Å²) in [5, 5.41) is 4.16. The number of nitrogens with one attached hydrogen (secondary N) is 1. The van der Waals surface area contributed by atoms with Crippen molar-refractivity contribution in [2.45, 2.75) is 6.92 Å². The van der Waals surface area contributed by atoms with E-state index < -0.39 is 0 Å². The fourth-order valence-electron chi connectivity index (χ4n) is 2.43. The lowest BCUT2D eigenvalue weighted by molar-refractivity contribution is 0.0605. The maximum atomic E-state index is 11.9. The van der Waals surface area contributed by atoms with E-state index in [0.717, 1.165) is 27.2 Å². The molecule has 24 heavy (non-hydrogen) atoms. The Morgan fingerprint density at radius 1 is 1.21 bits per heavy atom. The van der Waals surface area contributed by atoms with Gasteiger partial charge >= 0.3 is 5.97 Å². The van der Waals surface area contributed by atoms with Crippen molar-refractivity contribution in [2.75, 3.05) is 31.4 Å². The maximum absolute atomic E-state index is 11.9. The average molecular weight is 342 g/mol. The molecule has 7 heteroatoms. The van der Waals surface area contributed by atoms with Crippen LogP contribution in [0.3, 0.4) is 0 Å². The van der Waals surface area contributed by atoms with Crippen LogP contribution in [0.1, 0.15) is 15.2 Å². The van der Waals surface area contributed by atoms with Crippen molar-refractivity contribution in [1.82, 2.24) is 9.97 Å². The summed E-state index contributed by atoms with van der Waals surface area (Å²) in [7, 11) is 5.38. The molecule has 6 nitrogen and oxygen atoms in total. The number of carbonyl (C=O) groups excluding carboxylic acids is 1. The first-order valence-corrected chi connectivity index (χ1v) is 8.19. The monoisotopic (exact) mass is 342 g/mol. The third-order valence-electron chi connectivity index (χ3n) is 3.74. The van der Waals surface area contributed by atoms with Crippen LogP contribution in [-0.2, 0) is 4.74 Å². The van der Waals surface area contributed by atoms with Crippen LogP contribution in [0.4, 0.5) is 17.2 Å². The number of methoxy groups -OCH3 is 1. The van der Waals surface area contributed by atoms with Gasteiger partial charge in [-0.25, -0.2) is 14.8 Å². The van der Waals surface area contributed by atoms with Crippen LogP contribution in [0, 0.1) is 6.92 Å². The lowest BCUT2D eigenvalue weighted by Crippen LogP contribution is -2.08. The number of nitrogens with zero attached hydrogens (tertiary/aromatic N) is 3. The Balaban J connectivity index is 2.00. The molecule has 0 amide bonds. The maximum Gasteiger partial charge on any atom is 0.348 e. The zero-order valence-electron chi connectivity index (χ0n) is 14.0. The smallest absolute Gasteiger partial charge is 0.348 e. The van der Waals surface area contributed by atoms with Crippen LogP contribution in [0.15, 0.2) is 30.6 Å². The average Bonchev–Trinajstić information content (AvgIpc) is 2.92. The van der Waals surface area contributed by atoms with Gasteiger partial charge in [-0.3, -0.25) is 0 Å². The van der Waals surface area contributed by atoms with Crippen molar-refractivity contribution >= 4 is 44.7 Å². The number of ether oxygens (including phenoxy) is 1. The summed E-state index contributed by atoms with van der Waals surface area (Å²) >= 11 is 1.32. The minimum absolute atomic E-state index is 0.350. The Bertz CT molecular complexity index is 887. The second-order valence-corrected chi connectivity index (χ2v) is 6.52. The van der Waals surface area contributed by atoms with E-state index in [-0.39, 0.29) is 5.97 Å². The number of fused-ring (bicyclic) bond motifs is 1. The number of rotatable bonds is 4. The SMILES string of the molecule is COC(=O)c1sc2ncnc(Nc3ccc(N(C)C)cc3)c2c1C. The molecule has 0 saturated heterocycles. The van der Waals surface area contributed by atoms with Crippen molar-refractivity contribution < 1.29 is 9.53 Å². The number of hydrogen-bond acceptors (Lipinski definition) is 7. The summed E-state index contributed by atoms with van der Waals surface area (Å²) in [6.45, 7) is 1.88. The Morgan fingerprint density at radius 3 is 2.54 bits per heavy atom. The number of aromatic nitrogens is 2. The number of thiophene rings is 1. The van der Waals surface area contributed by atoms with E-state index in [0.29, 0.717) is 10.7 Å². The molecule has 1 aromatic carbocycles. The molecule has 0 fully saturated rings. The molecule has 0 spiro atoms. The molecule has 1 N–H and O–H groups in total. The summed E-state index contributed by atoms with van der Waals surface area (Å²) in [4.78, 5) is 23.9. The summed E-state index contributed by atoms with van der Waals surface area (Å²) in [5.41, 5.74) is 2.87. The third kappa shape index (κ3) is 2.90. The van der Waals surface area contributed by atoms with Crippen LogP contribution in [0.25, 0.3) is 10.2 Å². The quantitative estimate of drug-likeness (QED) is 0.731. The first kappa shape index (κ1) is 16.2. The fourth-order valence-corrected chi connectivity index (χ4v) is 3.50. The molecule has 3 aromatic rings. The van der Waals surface area contributed by atoms with Gasteiger partial charge in [0.25, 0.3) is 0 Å². The topological polar surface area (TPSA) is 67.3 Å². The lowest BCUT2D eigenvalue weighted by Gasteiger charge is -2.13. The van der Waals surface area contributed by atoms with Crippen LogP contribution in [-0.4, -0.2) is 37.1 Å². The van der Waals surface area contributed by atoms with Gasteiger partial charge in [0.05, 0.1) is 12.5 Å². The predicted octanol–water partition coefficient (Wildman–Crippen LogP) is 3.60. The van der Waals surface area contributed by atoms with Crippen LogP contribution >= 0.6 is 11.3 Å². The highest BCUT2D eigenvalue weighted by molar-refractivity contribution is 7.20. The Hall–Kier alpha value is -2.67. The molecule has 0 aliphatic heterocycles. The van der Waals surface area contributed by atoms with Gasteiger partial charge in [0.1, 0.15) is 21.9 Å². The number of carbonyl (C=O) groups is 1. The van der Waals surface area contributed by atoms with Gasteiger partial charge in [-0.05, 0) is 36.8 Å². The zero-order valence-corrected chi connectivity index (χ0v) is 14.8. The largest absolute Gasteiger partial charge is 0.465 e. The predicted molar refractivity (Wildman–Crippen MR) is 97.5 cm³/mol. The molecular formula is C17H18N4O2S. The highest BCUT2D eigenvalue weighted by atomic mass is 32.1. The molecule has 0 aliphatic rings. The van der Waals surface area contributed by atoms with E-state index >= 15 is 0 Å². The van der Waals surface area contributed by atoms with Gasteiger partial charge in [0, 0.05) is 25.5 Å². The van der Waals surface area contributed by atoms with E-state index in [1.54, 1.807) is 0 Å². The molecule has 2 aromatic heterocycles. The second kappa shape index (κ2) is 6.45. The van der Waals surface area contributed by atoms with E-state index in [1.165, 1.54) is 24.8 Å². The molecule has 0 saturated carbocycles. The third-order valence-corrected chi connectivity index (χ3v) is 4.92. The zero-order chi connectivity index (χ0) is 17.3. The molecular weight excluding hydrogens is 324 g/mol. The minimum atomic E-state index is -0.350. The van der Waals surface area contributed by atoms with E-state index in [4.69, 9.17) is 4.74 Å². The molecule has 0 radical (unpaired) electrons. The minimum Gasteiger partial charge on any atom is -0.465 e. The van der Waals surface area contributed by atoms with Gasteiger partial charge < -0.3 is 15.0 Å². The van der Waals surface area contributed by atoms with Gasteiger partial charge in [0.15, 0.2) is 0 Å². The summed E-state index contributed by atoms with van der Waals surface area (Å²) < 4.78 is 4.84. The standard InChI is InChI=1S/C17H18N4O2S/c1-10-13-15(20-11-5-7-12(8-6-11)21(2)3)18-9-19-16(13)24-14(10)17(22)23-4/h5-9H,1-4H3,(H,18,19,20). The van der Waals surface area contributed by atoms with Gasteiger partial charge in [0.2, 0.25) is 0 Å². The van der Waals surface area contributed by atoms with Gasteiger partial charge in [-0.15, -0.1) is 11.3 Å². The highest BCUT2D eigenvalue weighted by Crippen LogP contribution is 2.34. The van der Waals surface area contributed by atoms with Crippen molar-refractivity contribution in [3.05, 3.63) is 41.0 Å².